The molecule has 0 unspecified atom stereocenters. The van der Waals surface area contributed by atoms with Crippen LogP contribution in [0.25, 0.3) is 0 Å². The third kappa shape index (κ3) is 3.91. The Balaban J connectivity index is 3.14. The van der Waals surface area contributed by atoms with Crippen molar-refractivity contribution < 1.29 is 18.0 Å². The molecule has 0 bridgehead atoms. The number of hydrogen-bond acceptors (Lipinski definition) is 2. The molecule has 0 aliphatic carbocycles. The average Bonchev–Trinajstić information content (AvgIpc) is 2.17. The van der Waals surface area contributed by atoms with Crippen molar-refractivity contribution >= 4 is 5.78 Å². The molecule has 5 heteroatoms. The second-order valence-corrected chi connectivity index (χ2v) is 4.17. The average molecular weight is 257 g/mol. The van der Waals surface area contributed by atoms with Crippen molar-refractivity contribution in [3.05, 3.63) is 46.7 Å². The van der Waals surface area contributed by atoms with E-state index in [2.05, 4.69) is 0 Å². The van der Waals surface area contributed by atoms with Crippen LogP contribution in [0.3, 0.4) is 0 Å². The van der Waals surface area contributed by atoms with E-state index in [4.69, 9.17) is 5.73 Å². The molecular weight excluding hydrogens is 243 g/mol. The van der Waals surface area contributed by atoms with E-state index in [1.807, 2.05) is 0 Å². The van der Waals surface area contributed by atoms with E-state index in [-0.39, 0.29) is 23.5 Å². The summed E-state index contributed by atoms with van der Waals surface area (Å²) in [5.74, 6) is -0.284. The van der Waals surface area contributed by atoms with E-state index in [0.717, 1.165) is 12.1 Å². The van der Waals surface area contributed by atoms with Gasteiger partial charge in [-0.1, -0.05) is 17.7 Å². The second kappa shape index (κ2) is 5.25. The number of nitrogens with two attached hydrogens (primary N) is 1. The van der Waals surface area contributed by atoms with Gasteiger partial charge < -0.3 is 5.73 Å². The van der Waals surface area contributed by atoms with Gasteiger partial charge in [0, 0.05) is 12.1 Å². The largest absolute Gasteiger partial charge is 0.416 e. The number of aryl methyl sites for hydroxylation is 1. The van der Waals surface area contributed by atoms with Gasteiger partial charge in [0.15, 0.2) is 5.78 Å². The lowest BCUT2D eigenvalue weighted by Crippen LogP contribution is -2.12. The molecule has 0 spiro atoms. The fourth-order valence-corrected chi connectivity index (χ4v) is 1.64. The molecule has 0 fully saturated rings. The van der Waals surface area contributed by atoms with Crippen molar-refractivity contribution in [3.63, 3.8) is 0 Å². The summed E-state index contributed by atoms with van der Waals surface area (Å²) in [7, 11) is 0. The maximum Gasteiger partial charge on any atom is 0.416 e. The molecule has 2 N–H and O–H groups in total. The van der Waals surface area contributed by atoms with Crippen LogP contribution in [-0.2, 0) is 17.4 Å². The SMILES string of the molecule is CC(=O)/C=C(\N)Cc1ccc(C)cc1C(F)(F)F. The quantitative estimate of drug-likeness (QED) is 0.846. The van der Waals surface area contributed by atoms with Crippen LogP contribution in [0.1, 0.15) is 23.6 Å². The molecule has 0 radical (unpaired) electrons. The zero-order chi connectivity index (χ0) is 13.9. The van der Waals surface area contributed by atoms with Gasteiger partial charge in [0.25, 0.3) is 0 Å². The Morgan fingerprint density at radius 1 is 1.39 bits per heavy atom. The summed E-state index contributed by atoms with van der Waals surface area (Å²) in [6.07, 6.45) is -3.37. The van der Waals surface area contributed by atoms with Gasteiger partial charge >= 0.3 is 6.18 Å². The minimum atomic E-state index is -4.42. The summed E-state index contributed by atoms with van der Waals surface area (Å²) in [5, 5.41) is 0. The van der Waals surface area contributed by atoms with Crippen molar-refractivity contribution in [1.82, 2.24) is 0 Å². The number of alkyl halides is 3. The van der Waals surface area contributed by atoms with E-state index in [9.17, 15) is 18.0 Å². The van der Waals surface area contributed by atoms with E-state index in [1.165, 1.54) is 13.0 Å². The highest BCUT2D eigenvalue weighted by Crippen LogP contribution is 2.33. The van der Waals surface area contributed by atoms with Crippen molar-refractivity contribution in [2.75, 3.05) is 0 Å². The molecular formula is C13H14F3NO. The van der Waals surface area contributed by atoms with Gasteiger partial charge in [-0.05, 0) is 31.6 Å². The Morgan fingerprint density at radius 3 is 2.50 bits per heavy atom. The lowest BCUT2D eigenvalue weighted by atomic mass is 10.00. The Bertz CT molecular complexity index is 489. The molecule has 18 heavy (non-hydrogen) atoms. The lowest BCUT2D eigenvalue weighted by molar-refractivity contribution is -0.138. The molecule has 1 rings (SSSR count). The highest BCUT2D eigenvalue weighted by Gasteiger charge is 2.33. The minimum Gasteiger partial charge on any atom is -0.402 e. The normalized spacial score (nSPS) is 12.6. The fraction of sp³-hybridized carbons (Fsp3) is 0.308. The fourth-order valence-electron chi connectivity index (χ4n) is 1.64. The predicted octanol–water partition coefficient (Wildman–Crippen LogP) is 2.99. The molecule has 0 atom stereocenters. The summed E-state index contributed by atoms with van der Waals surface area (Å²) in [4.78, 5) is 10.8. The molecule has 0 saturated heterocycles. The molecule has 0 aromatic heterocycles. The number of benzene rings is 1. The number of carbonyl (C=O) groups excluding carboxylic acids is 1. The zero-order valence-electron chi connectivity index (χ0n) is 10.1. The van der Waals surface area contributed by atoms with Gasteiger partial charge in [0.1, 0.15) is 0 Å². The minimum absolute atomic E-state index is 0.0723. The molecule has 1 aromatic carbocycles. The zero-order valence-corrected chi connectivity index (χ0v) is 10.1. The number of hydrogen-bond donors (Lipinski definition) is 1. The van der Waals surface area contributed by atoms with Crippen LogP contribution in [0.15, 0.2) is 30.0 Å². The summed E-state index contributed by atoms with van der Waals surface area (Å²) < 4.78 is 38.4. The van der Waals surface area contributed by atoms with Gasteiger partial charge in [0.2, 0.25) is 0 Å². The summed E-state index contributed by atoms with van der Waals surface area (Å²) in [6, 6.07) is 4.06. The van der Waals surface area contributed by atoms with Crippen LogP contribution < -0.4 is 5.73 Å². The van der Waals surface area contributed by atoms with Crippen molar-refractivity contribution in [1.29, 1.82) is 0 Å². The first-order valence-electron chi connectivity index (χ1n) is 5.33. The van der Waals surface area contributed by atoms with Gasteiger partial charge in [-0.3, -0.25) is 4.79 Å². The first kappa shape index (κ1) is 14.3. The van der Waals surface area contributed by atoms with Crippen LogP contribution in [0.2, 0.25) is 0 Å². The molecule has 0 heterocycles. The third-order valence-corrected chi connectivity index (χ3v) is 2.35. The Hall–Kier alpha value is -1.78. The number of ketones is 1. The molecule has 98 valence electrons. The van der Waals surface area contributed by atoms with Gasteiger partial charge in [-0.25, -0.2) is 0 Å². The van der Waals surface area contributed by atoms with Crippen LogP contribution >= 0.6 is 0 Å². The summed E-state index contributed by atoms with van der Waals surface area (Å²) in [5.41, 5.74) is 5.55. The van der Waals surface area contributed by atoms with Crippen LogP contribution in [0.5, 0.6) is 0 Å². The number of carbonyl (C=O) groups is 1. The Kier molecular flexibility index (Phi) is 4.16. The number of halogens is 3. The van der Waals surface area contributed by atoms with Gasteiger partial charge in [-0.15, -0.1) is 0 Å². The van der Waals surface area contributed by atoms with Crippen LogP contribution in [0, 0.1) is 6.92 Å². The van der Waals surface area contributed by atoms with Gasteiger partial charge in [-0.2, -0.15) is 13.2 Å². The maximum atomic E-state index is 12.8. The topological polar surface area (TPSA) is 43.1 Å². The highest BCUT2D eigenvalue weighted by molar-refractivity contribution is 5.87. The third-order valence-electron chi connectivity index (χ3n) is 2.35. The van der Waals surface area contributed by atoms with Crippen LogP contribution in [-0.4, -0.2) is 5.78 Å². The van der Waals surface area contributed by atoms with E-state index in [0.29, 0.717) is 5.56 Å². The van der Waals surface area contributed by atoms with Crippen molar-refractivity contribution in [3.8, 4) is 0 Å². The predicted molar refractivity (Wildman–Crippen MR) is 62.8 cm³/mol. The first-order valence-corrected chi connectivity index (χ1v) is 5.33. The second-order valence-electron chi connectivity index (χ2n) is 4.17. The summed E-state index contributed by atoms with van der Waals surface area (Å²) >= 11 is 0. The summed E-state index contributed by atoms with van der Waals surface area (Å²) in [6.45, 7) is 2.89. The monoisotopic (exact) mass is 257 g/mol. The smallest absolute Gasteiger partial charge is 0.402 e. The van der Waals surface area contributed by atoms with E-state index >= 15 is 0 Å². The van der Waals surface area contributed by atoms with Crippen LogP contribution in [0.4, 0.5) is 13.2 Å². The molecule has 1 aromatic rings. The Morgan fingerprint density at radius 2 is 2.00 bits per heavy atom. The molecule has 0 aliphatic rings. The molecule has 0 saturated carbocycles. The van der Waals surface area contributed by atoms with E-state index < -0.39 is 11.7 Å². The van der Waals surface area contributed by atoms with Gasteiger partial charge in [0.05, 0.1) is 5.56 Å². The first-order chi connectivity index (χ1) is 8.20. The molecule has 0 amide bonds. The van der Waals surface area contributed by atoms with E-state index in [1.54, 1.807) is 13.0 Å². The standard InChI is InChI=1S/C13H14F3NO/c1-8-3-4-10(7-11(17)6-9(2)18)12(5-8)13(14,15)16/h3-6H,7,17H2,1-2H3/b11-6-. The Labute approximate surface area is 103 Å². The maximum absolute atomic E-state index is 12.8. The molecule has 2 nitrogen and oxygen atoms in total. The van der Waals surface area contributed by atoms with Crippen molar-refractivity contribution in [2.45, 2.75) is 26.4 Å². The number of rotatable bonds is 3. The molecule has 0 aliphatic heterocycles. The lowest BCUT2D eigenvalue weighted by Gasteiger charge is -2.13. The van der Waals surface area contributed by atoms with Crippen molar-refractivity contribution in [2.24, 2.45) is 5.73 Å². The number of allylic oxidation sites excluding steroid dienone is 2. The highest BCUT2D eigenvalue weighted by atomic mass is 19.4.